The number of rotatable bonds is 5. The third kappa shape index (κ3) is 3.11. The van der Waals surface area contributed by atoms with Crippen LogP contribution in [-0.2, 0) is 6.54 Å². The Morgan fingerprint density at radius 1 is 1.44 bits per heavy atom. The van der Waals surface area contributed by atoms with Crippen LogP contribution in [0.3, 0.4) is 0 Å². The van der Waals surface area contributed by atoms with Crippen molar-refractivity contribution in [2.75, 3.05) is 6.61 Å². The Bertz CT molecular complexity index is 492. The summed E-state index contributed by atoms with van der Waals surface area (Å²) < 4.78 is 7.66. The molecule has 0 saturated heterocycles. The number of nitrogens with two attached hydrogens (primary N) is 1. The first-order valence-electron chi connectivity index (χ1n) is 6.13. The summed E-state index contributed by atoms with van der Waals surface area (Å²) in [6.45, 7) is 5.33. The molecule has 0 aliphatic heterocycles. The number of hydrogen-bond donors (Lipinski definition) is 1. The average Bonchev–Trinajstić information content (AvgIpc) is 2.82. The monoisotopic (exact) mass is 245 g/mol. The molecule has 1 aromatic heterocycles. The molecule has 4 nitrogen and oxygen atoms in total. The van der Waals surface area contributed by atoms with Gasteiger partial charge in [0.15, 0.2) is 0 Å². The Morgan fingerprint density at radius 3 is 2.94 bits per heavy atom. The zero-order chi connectivity index (χ0) is 13.0. The minimum atomic E-state index is -0.0229. The molecule has 2 rings (SSSR count). The van der Waals surface area contributed by atoms with Gasteiger partial charge in [0.05, 0.1) is 6.54 Å². The third-order valence-corrected chi connectivity index (χ3v) is 2.80. The van der Waals surface area contributed by atoms with Crippen LogP contribution in [0.2, 0.25) is 0 Å². The molecule has 0 fully saturated rings. The van der Waals surface area contributed by atoms with Gasteiger partial charge in [-0.1, -0.05) is 12.1 Å². The second-order valence-corrected chi connectivity index (χ2v) is 4.45. The molecule has 0 aliphatic carbocycles. The van der Waals surface area contributed by atoms with Gasteiger partial charge < -0.3 is 10.5 Å². The standard InChI is InChI=1S/C14H19N3O/c1-11-4-5-13(12(2)15)14(10-11)18-9-8-17-7-3-6-16-17/h3-7,10,12H,8-9,15H2,1-2H3. The van der Waals surface area contributed by atoms with E-state index in [9.17, 15) is 0 Å². The number of benzene rings is 1. The van der Waals surface area contributed by atoms with Gasteiger partial charge in [0.25, 0.3) is 0 Å². The van der Waals surface area contributed by atoms with E-state index in [0.717, 1.165) is 17.9 Å². The molecular weight excluding hydrogens is 226 g/mol. The van der Waals surface area contributed by atoms with Crippen molar-refractivity contribution in [2.45, 2.75) is 26.4 Å². The van der Waals surface area contributed by atoms with Gasteiger partial charge in [0.2, 0.25) is 0 Å². The predicted octanol–water partition coefficient (Wildman–Crippen LogP) is 2.29. The Kier molecular flexibility index (Phi) is 3.99. The van der Waals surface area contributed by atoms with Crippen LogP contribution in [0.5, 0.6) is 5.75 Å². The summed E-state index contributed by atoms with van der Waals surface area (Å²) in [4.78, 5) is 0. The van der Waals surface area contributed by atoms with Crippen LogP contribution in [0, 0.1) is 6.92 Å². The van der Waals surface area contributed by atoms with Gasteiger partial charge >= 0.3 is 0 Å². The Labute approximate surface area is 107 Å². The topological polar surface area (TPSA) is 53.1 Å². The number of aromatic nitrogens is 2. The zero-order valence-corrected chi connectivity index (χ0v) is 10.8. The van der Waals surface area contributed by atoms with E-state index >= 15 is 0 Å². The fourth-order valence-corrected chi connectivity index (χ4v) is 1.82. The Balaban J connectivity index is 2.01. The van der Waals surface area contributed by atoms with E-state index in [2.05, 4.69) is 11.2 Å². The summed E-state index contributed by atoms with van der Waals surface area (Å²) >= 11 is 0. The molecule has 1 aromatic carbocycles. The second-order valence-electron chi connectivity index (χ2n) is 4.45. The van der Waals surface area contributed by atoms with Crippen molar-refractivity contribution in [1.82, 2.24) is 9.78 Å². The number of hydrogen-bond acceptors (Lipinski definition) is 3. The molecule has 2 aromatic rings. The van der Waals surface area contributed by atoms with Crippen LogP contribution in [-0.4, -0.2) is 16.4 Å². The minimum Gasteiger partial charge on any atom is -0.491 e. The van der Waals surface area contributed by atoms with Gasteiger partial charge in [-0.15, -0.1) is 0 Å². The van der Waals surface area contributed by atoms with Gasteiger partial charge in [0, 0.05) is 24.0 Å². The van der Waals surface area contributed by atoms with Crippen LogP contribution in [0.4, 0.5) is 0 Å². The fourth-order valence-electron chi connectivity index (χ4n) is 1.82. The van der Waals surface area contributed by atoms with Crippen molar-refractivity contribution in [3.05, 3.63) is 47.8 Å². The maximum atomic E-state index is 5.93. The van der Waals surface area contributed by atoms with Gasteiger partial charge in [-0.05, 0) is 31.5 Å². The molecule has 2 N–H and O–H groups in total. The van der Waals surface area contributed by atoms with Crippen molar-refractivity contribution in [2.24, 2.45) is 5.73 Å². The van der Waals surface area contributed by atoms with Crippen LogP contribution in [0.15, 0.2) is 36.7 Å². The Morgan fingerprint density at radius 2 is 2.28 bits per heavy atom. The van der Waals surface area contributed by atoms with Crippen molar-refractivity contribution in [3.63, 3.8) is 0 Å². The van der Waals surface area contributed by atoms with Crippen LogP contribution in [0.25, 0.3) is 0 Å². The number of aryl methyl sites for hydroxylation is 1. The summed E-state index contributed by atoms with van der Waals surface area (Å²) in [6.07, 6.45) is 3.69. The van der Waals surface area contributed by atoms with E-state index in [1.165, 1.54) is 5.56 Å². The molecule has 4 heteroatoms. The fraction of sp³-hybridized carbons (Fsp3) is 0.357. The van der Waals surface area contributed by atoms with E-state index in [1.807, 2.05) is 42.9 Å². The van der Waals surface area contributed by atoms with Crippen molar-refractivity contribution in [1.29, 1.82) is 0 Å². The smallest absolute Gasteiger partial charge is 0.124 e. The molecule has 0 amide bonds. The number of ether oxygens (including phenoxy) is 1. The van der Waals surface area contributed by atoms with E-state index in [1.54, 1.807) is 6.20 Å². The van der Waals surface area contributed by atoms with Gasteiger partial charge in [-0.3, -0.25) is 4.68 Å². The first kappa shape index (κ1) is 12.6. The van der Waals surface area contributed by atoms with Crippen molar-refractivity contribution >= 4 is 0 Å². The molecule has 1 unspecified atom stereocenters. The molecule has 0 aliphatic rings. The second kappa shape index (κ2) is 5.69. The largest absolute Gasteiger partial charge is 0.491 e. The molecule has 1 atom stereocenters. The molecular formula is C14H19N3O. The highest BCUT2D eigenvalue weighted by atomic mass is 16.5. The highest BCUT2D eigenvalue weighted by molar-refractivity contribution is 5.38. The lowest BCUT2D eigenvalue weighted by Gasteiger charge is -2.14. The summed E-state index contributed by atoms with van der Waals surface area (Å²) in [7, 11) is 0. The zero-order valence-electron chi connectivity index (χ0n) is 10.8. The van der Waals surface area contributed by atoms with Crippen LogP contribution >= 0.6 is 0 Å². The predicted molar refractivity (Wildman–Crippen MR) is 71.5 cm³/mol. The first-order valence-corrected chi connectivity index (χ1v) is 6.13. The first-order chi connectivity index (χ1) is 8.66. The van der Waals surface area contributed by atoms with E-state index in [0.29, 0.717) is 6.61 Å². The van der Waals surface area contributed by atoms with Crippen LogP contribution in [0.1, 0.15) is 24.1 Å². The Hall–Kier alpha value is -1.81. The summed E-state index contributed by atoms with van der Waals surface area (Å²) in [5.41, 5.74) is 8.15. The molecule has 1 heterocycles. The summed E-state index contributed by atoms with van der Waals surface area (Å²) in [5.74, 6) is 0.872. The average molecular weight is 245 g/mol. The van der Waals surface area contributed by atoms with Gasteiger partial charge in [-0.2, -0.15) is 5.10 Å². The van der Waals surface area contributed by atoms with E-state index in [4.69, 9.17) is 10.5 Å². The third-order valence-electron chi connectivity index (χ3n) is 2.80. The summed E-state index contributed by atoms with van der Waals surface area (Å²) in [6, 6.07) is 8.00. The molecule has 18 heavy (non-hydrogen) atoms. The molecule has 0 radical (unpaired) electrons. The van der Waals surface area contributed by atoms with E-state index in [-0.39, 0.29) is 6.04 Å². The lowest BCUT2D eigenvalue weighted by molar-refractivity contribution is 0.287. The maximum absolute atomic E-state index is 5.93. The number of nitrogens with zero attached hydrogens (tertiary/aromatic N) is 2. The quantitative estimate of drug-likeness (QED) is 0.879. The summed E-state index contributed by atoms with van der Waals surface area (Å²) in [5, 5.41) is 4.13. The SMILES string of the molecule is Cc1ccc(C(C)N)c(OCCn2cccn2)c1. The molecule has 96 valence electrons. The normalized spacial score (nSPS) is 12.4. The van der Waals surface area contributed by atoms with Crippen molar-refractivity contribution < 1.29 is 4.74 Å². The molecule has 0 bridgehead atoms. The van der Waals surface area contributed by atoms with Crippen molar-refractivity contribution in [3.8, 4) is 5.75 Å². The van der Waals surface area contributed by atoms with Gasteiger partial charge in [-0.25, -0.2) is 0 Å². The molecule has 0 saturated carbocycles. The van der Waals surface area contributed by atoms with E-state index < -0.39 is 0 Å². The molecule has 0 spiro atoms. The lowest BCUT2D eigenvalue weighted by Crippen LogP contribution is -2.12. The minimum absolute atomic E-state index is 0.0229. The lowest BCUT2D eigenvalue weighted by atomic mass is 10.1. The van der Waals surface area contributed by atoms with Gasteiger partial charge in [0.1, 0.15) is 12.4 Å². The van der Waals surface area contributed by atoms with Crippen LogP contribution < -0.4 is 10.5 Å². The maximum Gasteiger partial charge on any atom is 0.124 e. The highest BCUT2D eigenvalue weighted by Crippen LogP contribution is 2.25. The highest BCUT2D eigenvalue weighted by Gasteiger charge is 2.08.